The Kier molecular flexibility index (Phi) is 3.50. The van der Waals surface area contributed by atoms with Crippen molar-refractivity contribution >= 4 is 29.0 Å². The zero-order valence-electron chi connectivity index (χ0n) is 10.7. The number of alkyl halides is 2. The maximum Gasteiger partial charge on any atom is 0.311 e. The highest BCUT2D eigenvalue weighted by atomic mass is 35.5. The van der Waals surface area contributed by atoms with E-state index in [9.17, 15) is 13.6 Å². The van der Waals surface area contributed by atoms with Gasteiger partial charge in [-0.2, -0.15) is 13.9 Å². The van der Waals surface area contributed by atoms with Gasteiger partial charge in [-0.15, -0.1) is 0 Å². The molecular formula is C14H10Cl2F2N2O. The minimum absolute atomic E-state index is 0.0303. The molecule has 110 valence electrons. The van der Waals surface area contributed by atoms with Crippen LogP contribution in [-0.2, 0) is 13.0 Å². The minimum Gasteiger partial charge on any atom is -0.286 e. The molecule has 0 atom stereocenters. The molecule has 2 aromatic rings. The molecule has 7 heteroatoms. The first kappa shape index (κ1) is 14.5. The van der Waals surface area contributed by atoms with E-state index < -0.39 is 18.1 Å². The highest BCUT2D eigenvalue weighted by Gasteiger charge is 2.45. The molecule has 0 saturated carbocycles. The van der Waals surface area contributed by atoms with E-state index in [2.05, 4.69) is 5.10 Å². The van der Waals surface area contributed by atoms with E-state index in [1.54, 1.807) is 18.2 Å². The zero-order valence-corrected chi connectivity index (χ0v) is 12.3. The quantitative estimate of drug-likeness (QED) is 0.834. The van der Waals surface area contributed by atoms with Crippen LogP contribution >= 0.6 is 23.2 Å². The minimum atomic E-state index is -3.32. The molecule has 0 spiro atoms. The van der Waals surface area contributed by atoms with Gasteiger partial charge in [-0.1, -0.05) is 29.3 Å². The normalized spacial score (nSPS) is 16.9. The summed E-state index contributed by atoms with van der Waals surface area (Å²) in [5.74, 6) is -4.50. The monoisotopic (exact) mass is 330 g/mol. The van der Waals surface area contributed by atoms with E-state index in [0.29, 0.717) is 21.2 Å². The van der Waals surface area contributed by atoms with Gasteiger partial charge in [0, 0.05) is 22.0 Å². The molecule has 0 N–H and O–H groups in total. The summed E-state index contributed by atoms with van der Waals surface area (Å²) >= 11 is 11.9. The summed E-state index contributed by atoms with van der Waals surface area (Å²) in [7, 11) is 0. The van der Waals surface area contributed by atoms with E-state index in [0.717, 1.165) is 0 Å². The predicted molar refractivity (Wildman–Crippen MR) is 75.4 cm³/mol. The van der Waals surface area contributed by atoms with Crippen LogP contribution in [0.4, 0.5) is 8.78 Å². The summed E-state index contributed by atoms with van der Waals surface area (Å²) in [5.41, 5.74) is 1.18. The van der Waals surface area contributed by atoms with Crippen LogP contribution in [0.25, 0.3) is 0 Å². The Morgan fingerprint density at radius 3 is 2.81 bits per heavy atom. The second-order valence-electron chi connectivity index (χ2n) is 4.95. The molecule has 1 aromatic carbocycles. The summed E-state index contributed by atoms with van der Waals surface area (Å²) in [4.78, 5) is 11.9. The highest BCUT2D eigenvalue weighted by Crippen LogP contribution is 2.33. The number of aryl methyl sites for hydroxylation is 1. The van der Waals surface area contributed by atoms with Crippen molar-refractivity contribution < 1.29 is 13.6 Å². The maximum absolute atomic E-state index is 13.6. The number of carbonyl (C=O) groups excluding carboxylic acids is 1. The first-order chi connectivity index (χ1) is 9.88. The predicted octanol–water partition coefficient (Wildman–Crippen LogP) is 4.00. The number of halogens is 4. The number of benzene rings is 1. The molecule has 0 radical (unpaired) electrons. The SMILES string of the molecule is O=C1c2c(cnn2Cc2ccc(Cl)cc2Cl)CCC1(F)F. The molecule has 0 bridgehead atoms. The Morgan fingerprint density at radius 1 is 1.33 bits per heavy atom. The lowest BCUT2D eigenvalue weighted by Crippen LogP contribution is -2.35. The van der Waals surface area contributed by atoms with Gasteiger partial charge >= 0.3 is 5.92 Å². The fourth-order valence-electron chi connectivity index (χ4n) is 2.38. The first-order valence-corrected chi connectivity index (χ1v) is 7.05. The van der Waals surface area contributed by atoms with Crippen LogP contribution in [0.1, 0.15) is 28.0 Å². The van der Waals surface area contributed by atoms with Crippen molar-refractivity contribution in [1.82, 2.24) is 9.78 Å². The summed E-state index contributed by atoms with van der Waals surface area (Å²) in [6.45, 7) is 0.146. The van der Waals surface area contributed by atoms with E-state index in [1.807, 2.05) is 0 Å². The third kappa shape index (κ3) is 2.56. The second-order valence-corrected chi connectivity index (χ2v) is 5.79. The number of nitrogens with zero attached hydrogens (tertiary/aromatic N) is 2. The fraction of sp³-hybridized carbons (Fsp3) is 0.286. The smallest absolute Gasteiger partial charge is 0.286 e. The standard InChI is InChI=1S/C14H10Cl2F2N2O/c15-10-2-1-9(11(16)5-10)7-20-12-8(6-19-20)3-4-14(17,18)13(12)21/h1-2,5-6H,3-4,7H2. The lowest BCUT2D eigenvalue weighted by Gasteiger charge is -2.21. The van der Waals surface area contributed by atoms with Crippen molar-refractivity contribution in [2.24, 2.45) is 0 Å². The molecule has 1 aromatic heterocycles. The number of ketones is 1. The molecule has 0 fully saturated rings. The average molecular weight is 331 g/mol. The molecule has 1 heterocycles. The average Bonchev–Trinajstić information content (AvgIpc) is 2.81. The van der Waals surface area contributed by atoms with Crippen molar-refractivity contribution in [1.29, 1.82) is 0 Å². The maximum atomic E-state index is 13.6. The van der Waals surface area contributed by atoms with Crippen LogP contribution in [0.3, 0.4) is 0 Å². The van der Waals surface area contributed by atoms with Gasteiger partial charge in [0.25, 0.3) is 0 Å². The number of fused-ring (bicyclic) bond motifs is 1. The van der Waals surface area contributed by atoms with E-state index in [4.69, 9.17) is 23.2 Å². The number of rotatable bonds is 2. The van der Waals surface area contributed by atoms with Crippen LogP contribution in [0.2, 0.25) is 10.0 Å². The molecule has 1 aliphatic carbocycles. The highest BCUT2D eigenvalue weighted by molar-refractivity contribution is 6.35. The van der Waals surface area contributed by atoms with Crippen LogP contribution in [0.15, 0.2) is 24.4 Å². The fourth-order valence-corrected chi connectivity index (χ4v) is 2.85. The molecule has 0 amide bonds. The lowest BCUT2D eigenvalue weighted by atomic mass is 9.93. The number of Topliss-reactive ketones (excluding diaryl/α,β-unsaturated/α-hetero) is 1. The summed E-state index contributed by atoms with van der Waals surface area (Å²) < 4.78 is 28.4. The van der Waals surface area contributed by atoms with Crippen molar-refractivity contribution in [2.45, 2.75) is 25.3 Å². The van der Waals surface area contributed by atoms with Gasteiger partial charge in [0.1, 0.15) is 5.69 Å². The number of aromatic nitrogens is 2. The van der Waals surface area contributed by atoms with Gasteiger partial charge in [0.05, 0.1) is 12.7 Å². The van der Waals surface area contributed by atoms with Gasteiger partial charge < -0.3 is 0 Å². The van der Waals surface area contributed by atoms with E-state index in [-0.39, 0.29) is 18.7 Å². The van der Waals surface area contributed by atoms with Crippen molar-refractivity contribution in [2.75, 3.05) is 0 Å². The van der Waals surface area contributed by atoms with Crippen molar-refractivity contribution in [3.05, 3.63) is 51.3 Å². The van der Waals surface area contributed by atoms with E-state index in [1.165, 1.54) is 10.9 Å². The number of hydrogen-bond donors (Lipinski definition) is 0. The van der Waals surface area contributed by atoms with Crippen LogP contribution in [0, 0.1) is 0 Å². The Bertz CT molecular complexity index is 728. The molecule has 0 aliphatic heterocycles. The van der Waals surface area contributed by atoms with Gasteiger partial charge in [0.15, 0.2) is 0 Å². The topological polar surface area (TPSA) is 34.9 Å². The van der Waals surface area contributed by atoms with Crippen LogP contribution in [0.5, 0.6) is 0 Å². The third-order valence-electron chi connectivity index (χ3n) is 3.51. The van der Waals surface area contributed by atoms with Gasteiger partial charge in [-0.25, -0.2) is 0 Å². The molecular weight excluding hydrogens is 321 g/mol. The summed E-state index contributed by atoms with van der Waals surface area (Å²) in [5, 5.41) is 4.93. The Morgan fingerprint density at radius 2 is 2.10 bits per heavy atom. The molecule has 0 saturated heterocycles. The second kappa shape index (κ2) is 5.07. The molecule has 0 unspecified atom stereocenters. The molecule has 1 aliphatic rings. The zero-order chi connectivity index (χ0) is 15.2. The summed E-state index contributed by atoms with van der Waals surface area (Å²) in [6.07, 6.45) is 1.14. The Hall–Kier alpha value is -1.46. The first-order valence-electron chi connectivity index (χ1n) is 6.30. The van der Waals surface area contributed by atoms with Crippen molar-refractivity contribution in [3.8, 4) is 0 Å². The molecule has 21 heavy (non-hydrogen) atoms. The number of carbonyl (C=O) groups is 1. The largest absolute Gasteiger partial charge is 0.311 e. The third-order valence-corrected chi connectivity index (χ3v) is 4.09. The van der Waals surface area contributed by atoms with Gasteiger partial charge in [-0.3, -0.25) is 9.48 Å². The van der Waals surface area contributed by atoms with Crippen LogP contribution < -0.4 is 0 Å². The van der Waals surface area contributed by atoms with Gasteiger partial charge in [-0.05, 0) is 24.1 Å². The Balaban J connectivity index is 1.98. The van der Waals surface area contributed by atoms with Crippen LogP contribution in [-0.4, -0.2) is 21.5 Å². The van der Waals surface area contributed by atoms with E-state index >= 15 is 0 Å². The molecule has 3 rings (SSSR count). The number of hydrogen-bond acceptors (Lipinski definition) is 2. The Labute approximate surface area is 129 Å². The lowest BCUT2D eigenvalue weighted by molar-refractivity contribution is 0.000998. The van der Waals surface area contributed by atoms with Crippen molar-refractivity contribution in [3.63, 3.8) is 0 Å². The molecule has 3 nitrogen and oxygen atoms in total. The van der Waals surface area contributed by atoms with Gasteiger partial charge in [0.2, 0.25) is 5.78 Å². The summed E-state index contributed by atoms with van der Waals surface area (Å²) in [6, 6.07) is 4.89.